The number of rotatable bonds is 5. The fourth-order valence-corrected chi connectivity index (χ4v) is 2.09. The largest absolute Gasteiger partial charge is 0.391 e. The van der Waals surface area contributed by atoms with Crippen molar-refractivity contribution in [1.29, 1.82) is 0 Å². The van der Waals surface area contributed by atoms with Crippen LogP contribution >= 0.6 is 0 Å². The summed E-state index contributed by atoms with van der Waals surface area (Å²) in [5.41, 5.74) is 9.77. The molecule has 9 nitrogen and oxygen atoms in total. The molecular formula is C11H17FN4O5. The number of hydrogen-bond acceptors (Lipinski definition) is 8. The Kier molecular flexibility index (Phi) is 4.54. The van der Waals surface area contributed by atoms with Gasteiger partial charge in [0, 0.05) is 12.7 Å². The van der Waals surface area contributed by atoms with Gasteiger partial charge in [-0.15, -0.1) is 0 Å². The van der Waals surface area contributed by atoms with E-state index in [0.29, 0.717) is 0 Å². The predicted octanol–water partition coefficient (Wildman–Crippen LogP) is -2.28. The molecular weight excluding hydrogens is 287 g/mol. The van der Waals surface area contributed by atoms with E-state index in [0.717, 1.165) is 4.57 Å². The van der Waals surface area contributed by atoms with E-state index in [1.165, 1.54) is 12.3 Å². The van der Waals surface area contributed by atoms with Crippen LogP contribution in [0.1, 0.15) is 6.23 Å². The maximum Gasteiger partial charge on any atom is 0.351 e. The third-order valence-electron chi connectivity index (χ3n) is 3.16. The molecule has 6 N–H and O–H groups in total. The highest BCUT2D eigenvalue weighted by molar-refractivity contribution is 5.23. The molecule has 2 rings (SSSR count). The Morgan fingerprint density at radius 1 is 1.62 bits per heavy atom. The average Bonchev–Trinajstić information content (AvgIpc) is 2.71. The molecule has 118 valence electrons. The molecule has 0 spiro atoms. The van der Waals surface area contributed by atoms with Crippen molar-refractivity contribution in [3.63, 3.8) is 0 Å². The van der Waals surface area contributed by atoms with Crippen LogP contribution in [-0.2, 0) is 9.47 Å². The lowest BCUT2D eigenvalue weighted by Crippen LogP contribution is -2.48. The molecule has 1 saturated heterocycles. The maximum absolute atomic E-state index is 14.2. The Labute approximate surface area is 118 Å². The van der Waals surface area contributed by atoms with Crippen LogP contribution in [0.4, 0.5) is 10.2 Å². The molecule has 1 aliphatic rings. The number of halogens is 1. The Bertz CT molecular complexity index is 556. The first-order chi connectivity index (χ1) is 9.95. The molecule has 0 radical (unpaired) electrons. The Morgan fingerprint density at radius 3 is 2.90 bits per heavy atom. The smallest absolute Gasteiger partial charge is 0.351 e. The first-order valence-corrected chi connectivity index (χ1v) is 6.24. The van der Waals surface area contributed by atoms with Crippen molar-refractivity contribution < 1.29 is 24.1 Å². The highest BCUT2D eigenvalue weighted by atomic mass is 19.1. The molecule has 1 aromatic heterocycles. The van der Waals surface area contributed by atoms with Gasteiger partial charge in [0.05, 0.1) is 6.61 Å². The second-order valence-electron chi connectivity index (χ2n) is 4.55. The number of nitrogens with zero attached hydrogens (tertiary/aromatic N) is 2. The summed E-state index contributed by atoms with van der Waals surface area (Å²) in [6, 6.07) is 1.28. The number of nitrogen functional groups attached to an aromatic ring is 1. The fourth-order valence-electron chi connectivity index (χ4n) is 2.09. The highest BCUT2D eigenvalue weighted by Crippen LogP contribution is 2.39. The van der Waals surface area contributed by atoms with E-state index in [9.17, 15) is 19.4 Å². The van der Waals surface area contributed by atoms with Crippen LogP contribution in [0, 0.1) is 0 Å². The van der Waals surface area contributed by atoms with Crippen LogP contribution in [0.2, 0.25) is 0 Å². The predicted molar refractivity (Wildman–Crippen MR) is 68.8 cm³/mol. The lowest BCUT2D eigenvalue weighted by molar-refractivity contribution is -0.280. The van der Waals surface area contributed by atoms with Crippen molar-refractivity contribution in [3.8, 4) is 0 Å². The van der Waals surface area contributed by atoms with Gasteiger partial charge in [-0.1, -0.05) is 0 Å². The van der Waals surface area contributed by atoms with Crippen molar-refractivity contribution in [3.05, 3.63) is 22.7 Å². The number of aliphatic hydroxyl groups excluding tert-OH is 2. The molecule has 4 atom stereocenters. The number of aromatic nitrogens is 2. The normalized spacial score (nSPS) is 32.5. The summed E-state index contributed by atoms with van der Waals surface area (Å²) in [4.78, 5) is 15.2. The summed E-state index contributed by atoms with van der Waals surface area (Å²) in [6.45, 7) is -0.781. The zero-order chi connectivity index (χ0) is 15.6. The minimum atomic E-state index is -2.00. The van der Waals surface area contributed by atoms with Gasteiger partial charge in [0.25, 0.3) is 0 Å². The minimum Gasteiger partial charge on any atom is -0.391 e. The van der Waals surface area contributed by atoms with Gasteiger partial charge in [0.1, 0.15) is 18.5 Å². The molecule has 0 bridgehead atoms. The van der Waals surface area contributed by atoms with Gasteiger partial charge < -0.3 is 31.2 Å². The van der Waals surface area contributed by atoms with Gasteiger partial charge in [0.15, 0.2) is 12.4 Å². The van der Waals surface area contributed by atoms with Gasteiger partial charge in [-0.2, -0.15) is 4.98 Å². The molecule has 0 aromatic carbocycles. The molecule has 0 aliphatic carbocycles. The maximum atomic E-state index is 14.2. The molecule has 21 heavy (non-hydrogen) atoms. The Hall–Kier alpha value is -1.59. The Morgan fingerprint density at radius 2 is 2.33 bits per heavy atom. The van der Waals surface area contributed by atoms with Gasteiger partial charge in [-0.25, -0.2) is 9.18 Å². The molecule has 1 aliphatic heterocycles. The van der Waals surface area contributed by atoms with E-state index in [1.807, 2.05) is 0 Å². The molecule has 1 unspecified atom stereocenters. The van der Waals surface area contributed by atoms with E-state index in [1.54, 1.807) is 0 Å². The lowest BCUT2D eigenvalue weighted by Gasteiger charge is -2.29. The van der Waals surface area contributed by atoms with E-state index in [-0.39, 0.29) is 19.0 Å². The number of anilines is 1. The molecule has 10 heteroatoms. The van der Waals surface area contributed by atoms with Crippen molar-refractivity contribution >= 4 is 5.82 Å². The summed E-state index contributed by atoms with van der Waals surface area (Å²) < 4.78 is 25.5. The van der Waals surface area contributed by atoms with E-state index >= 15 is 0 Å². The SMILES string of the molecule is NCCO[C@]1(CO)OC(n2ccc(N)nc2=O)[C@H](F)[C@@H]1O. The van der Waals surface area contributed by atoms with Crippen molar-refractivity contribution in [2.75, 3.05) is 25.5 Å². The van der Waals surface area contributed by atoms with Crippen molar-refractivity contribution in [2.24, 2.45) is 5.73 Å². The Balaban J connectivity index is 2.32. The third kappa shape index (κ3) is 2.76. The zero-order valence-electron chi connectivity index (χ0n) is 11.1. The van der Waals surface area contributed by atoms with E-state index in [4.69, 9.17) is 20.9 Å². The number of hydrogen-bond donors (Lipinski definition) is 4. The summed E-state index contributed by atoms with van der Waals surface area (Å²) in [6.07, 6.45) is -4.10. The first-order valence-electron chi connectivity index (χ1n) is 6.24. The summed E-state index contributed by atoms with van der Waals surface area (Å²) in [5.74, 6) is -2.01. The van der Waals surface area contributed by atoms with Crippen LogP contribution < -0.4 is 17.2 Å². The number of aliphatic hydroxyl groups is 2. The summed E-state index contributed by atoms with van der Waals surface area (Å²) in [7, 11) is 0. The lowest BCUT2D eigenvalue weighted by atomic mass is 10.1. The van der Waals surface area contributed by atoms with Gasteiger partial charge in [-0.3, -0.25) is 4.57 Å². The average molecular weight is 304 g/mol. The monoisotopic (exact) mass is 304 g/mol. The van der Waals surface area contributed by atoms with Gasteiger partial charge in [-0.05, 0) is 6.07 Å². The zero-order valence-corrected chi connectivity index (χ0v) is 11.1. The van der Waals surface area contributed by atoms with E-state index < -0.39 is 36.6 Å². The number of alkyl halides is 1. The van der Waals surface area contributed by atoms with Crippen LogP contribution in [0.5, 0.6) is 0 Å². The van der Waals surface area contributed by atoms with E-state index in [2.05, 4.69) is 4.98 Å². The second kappa shape index (κ2) is 6.03. The highest BCUT2D eigenvalue weighted by Gasteiger charge is 2.57. The van der Waals surface area contributed by atoms with Gasteiger partial charge >= 0.3 is 5.69 Å². The van der Waals surface area contributed by atoms with Gasteiger partial charge in [0.2, 0.25) is 5.79 Å². The van der Waals surface area contributed by atoms with Crippen molar-refractivity contribution in [1.82, 2.24) is 9.55 Å². The number of nitrogens with two attached hydrogens (primary N) is 2. The van der Waals surface area contributed by atoms with Crippen molar-refractivity contribution in [2.45, 2.75) is 24.3 Å². The topological polar surface area (TPSA) is 146 Å². The quantitative estimate of drug-likeness (QED) is 0.476. The van der Waals surface area contributed by atoms with Crippen LogP contribution in [0.25, 0.3) is 0 Å². The molecule has 1 aromatic rings. The van der Waals surface area contributed by atoms with Crippen LogP contribution in [-0.4, -0.2) is 57.6 Å². The van der Waals surface area contributed by atoms with Crippen LogP contribution in [0.3, 0.4) is 0 Å². The molecule has 0 saturated carbocycles. The minimum absolute atomic E-state index is 0.0296. The summed E-state index contributed by atoms with van der Waals surface area (Å²) >= 11 is 0. The third-order valence-corrected chi connectivity index (χ3v) is 3.16. The molecule has 0 amide bonds. The fraction of sp³-hybridized carbons (Fsp3) is 0.636. The second-order valence-corrected chi connectivity index (χ2v) is 4.55. The first kappa shape index (κ1) is 15.8. The van der Waals surface area contributed by atoms with Crippen LogP contribution in [0.15, 0.2) is 17.1 Å². The summed E-state index contributed by atoms with van der Waals surface area (Å²) in [5, 5.41) is 19.3. The molecule has 1 fully saturated rings. The molecule has 2 heterocycles. The standard InChI is InChI=1S/C11H17FN4O5/c12-7-8(18)11(5-17,20-4-2-13)21-9(7)16-3-1-6(14)15-10(16)19/h1,3,7-9,17-18H,2,4-5,13H2,(H2,14,15,19)/t7-,8+,9?,11-/m1/s1. The number of ether oxygens (including phenoxy) is 2.